The highest BCUT2D eigenvalue weighted by atomic mass is 32.2. The molecule has 0 amide bonds. The third-order valence-electron chi connectivity index (χ3n) is 4.17. The minimum Gasteiger partial charge on any atom is -0.378 e. The lowest BCUT2D eigenvalue weighted by atomic mass is 9.61. The van der Waals surface area contributed by atoms with Crippen molar-refractivity contribution in [3.8, 4) is 0 Å². The van der Waals surface area contributed by atoms with Crippen molar-refractivity contribution >= 4 is 11.8 Å². The summed E-state index contributed by atoms with van der Waals surface area (Å²) in [6.45, 7) is 11.0. The topological polar surface area (TPSA) is 21.3 Å². The lowest BCUT2D eigenvalue weighted by Crippen LogP contribution is -2.62. The van der Waals surface area contributed by atoms with Gasteiger partial charge in [0, 0.05) is 29.9 Å². The van der Waals surface area contributed by atoms with Crippen LogP contribution in [0.4, 0.5) is 0 Å². The molecule has 4 unspecified atom stereocenters. The van der Waals surface area contributed by atoms with E-state index in [0.717, 1.165) is 13.2 Å². The molecule has 0 spiro atoms. The van der Waals surface area contributed by atoms with Gasteiger partial charge in [-0.05, 0) is 26.0 Å². The van der Waals surface area contributed by atoms with Gasteiger partial charge in [-0.1, -0.05) is 20.8 Å². The highest BCUT2D eigenvalue weighted by Gasteiger charge is 2.50. The lowest BCUT2D eigenvalue weighted by molar-refractivity contribution is -0.125. The van der Waals surface area contributed by atoms with Gasteiger partial charge in [0.05, 0.1) is 6.10 Å². The fourth-order valence-corrected chi connectivity index (χ4v) is 2.72. The Balaban J connectivity index is 2.39. The standard InChI is InChI=1S/C13H27NOS/c1-6-13(4)11(8-12(13)15-7-2)14-9-10(3)16-5/h10-12,14H,6-9H2,1-5H3. The molecule has 0 saturated heterocycles. The first kappa shape index (κ1) is 14.3. The van der Waals surface area contributed by atoms with Gasteiger partial charge < -0.3 is 10.1 Å². The molecule has 3 heteroatoms. The maximum Gasteiger partial charge on any atom is 0.0658 e. The van der Waals surface area contributed by atoms with Gasteiger partial charge in [0.15, 0.2) is 0 Å². The number of hydrogen-bond acceptors (Lipinski definition) is 3. The molecule has 0 bridgehead atoms. The van der Waals surface area contributed by atoms with Crippen LogP contribution in [0.2, 0.25) is 0 Å². The molecule has 1 rings (SSSR count). The van der Waals surface area contributed by atoms with Crippen LogP contribution in [-0.4, -0.2) is 36.8 Å². The molecule has 1 fully saturated rings. The van der Waals surface area contributed by atoms with Crippen LogP contribution < -0.4 is 5.32 Å². The second-order valence-electron chi connectivity index (χ2n) is 5.05. The smallest absolute Gasteiger partial charge is 0.0658 e. The summed E-state index contributed by atoms with van der Waals surface area (Å²) >= 11 is 1.93. The van der Waals surface area contributed by atoms with Crippen LogP contribution >= 0.6 is 11.8 Å². The van der Waals surface area contributed by atoms with E-state index in [0.29, 0.717) is 22.8 Å². The molecule has 1 saturated carbocycles. The first-order valence-corrected chi connectivity index (χ1v) is 7.75. The van der Waals surface area contributed by atoms with E-state index < -0.39 is 0 Å². The molecular weight excluding hydrogens is 218 g/mol. The van der Waals surface area contributed by atoms with Gasteiger partial charge in [-0.15, -0.1) is 0 Å². The molecule has 1 aliphatic carbocycles. The predicted octanol–water partition coefficient (Wildman–Crippen LogP) is 2.92. The second kappa shape index (κ2) is 6.27. The van der Waals surface area contributed by atoms with Crippen molar-refractivity contribution in [2.24, 2.45) is 5.41 Å². The molecular formula is C13H27NOS. The molecule has 0 aromatic rings. The predicted molar refractivity (Wildman–Crippen MR) is 73.2 cm³/mol. The summed E-state index contributed by atoms with van der Waals surface area (Å²) in [5.74, 6) is 0. The summed E-state index contributed by atoms with van der Waals surface area (Å²) in [6, 6.07) is 0.642. The normalized spacial score (nSPS) is 35.8. The monoisotopic (exact) mass is 245 g/mol. The van der Waals surface area contributed by atoms with Gasteiger partial charge >= 0.3 is 0 Å². The van der Waals surface area contributed by atoms with Crippen LogP contribution in [0.15, 0.2) is 0 Å². The Morgan fingerprint density at radius 3 is 2.69 bits per heavy atom. The fourth-order valence-electron chi connectivity index (χ4n) is 2.46. The Morgan fingerprint density at radius 1 is 1.50 bits per heavy atom. The van der Waals surface area contributed by atoms with E-state index >= 15 is 0 Å². The summed E-state index contributed by atoms with van der Waals surface area (Å²) in [5.41, 5.74) is 0.341. The molecule has 16 heavy (non-hydrogen) atoms. The van der Waals surface area contributed by atoms with Crippen molar-refractivity contribution in [3.63, 3.8) is 0 Å². The molecule has 96 valence electrons. The Hall–Kier alpha value is 0.270. The Kier molecular flexibility index (Phi) is 5.62. The van der Waals surface area contributed by atoms with E-state index in [1.165, 1.54) is 12.8 Å². The average molecular weight is 245 g/mol. The van der Waals surface area contributed by atoms with Gasteiger partial charge in [0.25, 0.3) is 0 Å². The number of hydrogen-bond donors (Lipinski definition) is 1. The summed E-state index contributed by atoms with van der Waals surface area (Å²) in [5, 5.41) is 4.40. The molecule has 0 heterocycles. The fraction of sp³-hybridized carbons (Fsp3) is 1.00. The quantitative estimate of drug-likeness (QED) is 0.745. The van der Waals surface area contributed by atoms with Crippen molar-refractivity contribution in [2.45, 2.75) is 57.9 Å². The highest BCUT2D eigenvalue weighted by molar-refractivity contribution is 7.99. The van der Waals surface area contributed by atoms with E-state index in [-0.39, 0.29) is 0 Å². The second-order valence-corrected chi connectivity index (χ2v) is 6.32. The van der Waals surface area contributed by atoms with Crippen LogP contribution in [-0.2, 0) is 4.74 Å². The molecule has 1 aliphatic rings. The highest BCUT2D eigenvalue weighted by Crippen LogP contribution is 2.45. The van der Waals surface area contributed by atoms with E-state index in [2.05, 4.69) is 39.3 Å². The van der Waals surface area contributed by atoms with Crippen LogP contribution in [0.3, 0.4) is 0 Å². The van der Waals surface area contributed by atoms with E-state index in [1.807, 2.05) is 11.8 Å². The molecule has 0 aliphatic heterocycles. The van der Waals surface area contributed by atoms with Gasteiger partial charge in [-0.3, -0.25) is 0 Å². The van der Waals surface area contributed by atoms with Gasteiger partial charge in [-0.2, -0.15) is 11.8 Å². The summed E-state index contributed by atoms with van der Waals surface area (Å²) in [7, 11) is 0. The Labute approximate surface area is 105 Å². The van der Waals surface area contributed by atoms with Gasteiger partial charge in [-0.25, -0.2) is 0 Å². The molecule has 4 atom stereocenters. The zero-order chi connectivity index (χ0) is 12.2. The van der Waals surface area contributed by atoms with Crippen molar-refractivity contribution in [1.82, 2.24) is 5.32 Å². The van der Waals surface area contributed by atoms with Gasteiger partial charge in [0.2, 0.25) is 0 Å². The van der Waals surface area contributed by atoms with Crippen molar-refractivity contribution in [1.29, 1.82) is 0 Å². The minimum atomic E-state index is 0.341. The van der Waals surface area contributed by atoms with Crippen molar-refractivity contribution in [2.75, 3.05) is 19.4 Å². The van der Waals surface area contributed by atoms with E-state index in [1.54, 1.807) is 0 Å². The summed E-state index contributed by atoms with van der Waals surface area (Å²) in [4.78, 5) is 0. The van der Waals surface area contributed by atoms with Crippen LogP contribution in [0.25, 0.3) is 0 Å². The van der Waals surface area contributed by atoms with E-state index in [4.69, 9.17) is 4.74 Å². The first-order chi connectivity index (χ1) is 7.58. The third-order valence-corrected chi connectivity index (χ3v) is 5.14. The Morgan fingerprint density at radius 2 is 2.19 bits per heavy atom. The van der Waals surface area contributed by atoms with Crippen LogP contribution in [0.1, 0.15) is 40.5 Å². The molecule has 0 aromatic carbocycles. The molecule has 0 radical (unpaired) electrons. The molecule has 0 aromatic heterocycles. The van der Waals surface area contributed by atoms with Crippen LogP contribution in [0.5, 0.6) is 0 Å². The first-order valence-electron chi connectivity index (χ1n) is 6.46. The SMILES string of the molecule is CCOC1CC(NCC(C)SC)C1(C)CC. The minimum absolute atomic E-state index is 0.341. The average Bonchev–Trinajstić information content (AvgIpc) is 2.31. The zero-order valence-corrected chi connectivity index (χ0v) is 12.2. The number of rotatable bonds is 7. The third kappa shape index (κ3) is 2.93. The van der Waals surface area contributed by atoms with Crippen molar-refractivity contribution < 1.29 is 4.74 Å². The molecule has 1 N–H and O–H groups in total. The lowest BCUT2D eigenvalue weighted by Gasteiger charge is -2.54. The zero-order valence-electron chi connectivity index (χ0n) is 11.4. The number of nitrogens with one attached hydrogen (secondary N) is 1. The Bertz CT molecular complexity index is 212. The molecule has 2 nitrogen and oxygen atoms in total. The summed E-state index contributed by atoms with van der Waals surface area (Å²) < 4.78 is 5.80. The number of thioether (sulfide) groups is 1. The van der Waals surface area contributed by atoms with Gasteiger partial charge in [0.1, 0.15) is 0 Å². The van der Waals surface area contributed by atoms with Crippen LogP contribution in [0, 0.1) is 5.41 Å². The van der Waals surface area contributed by atoms with Crippen molar-refractivity contribution in [3.05, 3.63) is 0 Å². The maximum absolute atomic E-state index is 5.80. The largest absolute Gasteiger partial charge is 0.378 e. The number of ether oxygens (including phenoxy) is 1. The summed E-state index contributed by atoms with van der Waals surface area (Å²) in [6.07, 6.45) is 5.02. The maximum atomic E-state index is 5.80. The van der Waals surface area contributed by atoms with E-state index in [9.17, 15) is 0 Å².